The highest BCUT2D eigenvalue weighted by atomic mass is 16.5. The third-order valence-corrected chi connectivity index (χ3v) is 4.65. The molecule has 0 saturated heterocycles. The van der Waals surface area contributed by atoms with Crippen LogP contribution in [0.15, 0.2) is 60.7 Å². The Morgan fingerprint density at radius 1 is 0.760 bits per heavy atom. The van der Waals surface area contributed by atoms with Gasteiger partial charge >= 0.3 is 0 Å². The molecule has 2 nitrogen and oxygen atoms in total. The number of hydrogen-bond donors (Lipinski definition) is 0. The van der Waals surface area contributed by atoms with Crippen molar-refractivity contribution >= 4 is 0 Å². The molecule has 25 heavy (non-hydrogen) atoms. The molecule has 0 aliphatic carbocycles. The van der Waals surface area contributed by atoms with Crippen molar-refractivity contribution in [1.29, 1.82) is 0 Å². The lowest BCUT2D eigenvalue weighted by Crippen LogP contribution is -2.37. The molecule has 0 radical (unpaired) electrons. The van der Waals surface area contributed by atoms with E-state index in [0.29, 0.717) is 0 Å². The van der Waals surface area contributed by atoms with E-state index in [2.05, 4.69) is 86.3 Å². The van der Waals surface area contributed by atoms with Gasteiger partial charge in [-0.25, -0.2) is 0 Å². The minimum Gasteiger partial charge on any atom is -0.351 e. The SMILES string of the molecule is CCCCN(CCCC)C(C)OC(c1ccccc1)c1ccccc1. The van der Waals surface area contributed by atoms with E-state index in [1.54, 1.807) is 0 Å². The number of rotatable bonds is 11. The van der Waals surface area contributed by atoms with Gasteiger partial charge in [0, 0.05) is 13.1 Å². The van der Waals surface area contributed by atoms with E-state index >= 15 is 0 Å². The van der Waals surface area contributed by atoms with Gasteiger partial charge in [-0.2, -0.15) is 0 Å². The lowest BCUT2D eigenvalue weighted by atomic mass is 10.0. The maximum Gasteiger partial charge on any atom is 0.110 e. The Labute approximate surface area is 153 Å². The van der Waals surface area contributed by atoms with Crippen LogP contribution in [0.1, 0.15) is 63.7 Å². The van der Waals surface area contributed by atoms with Crippen LogP contribution in [0, 0.1) is 0 Å². The minimum absolute atomic E-state index is 0.0249. The molecule has 1 unspecified atom stereocenters. The molecule has 0 aliphatic rings. The zero-order chi connectivity index (χ0) is 17.9. The molecule has 2 aromatic rings. The maximum atomic E-state index is 6.60. The molecule has 2 aromatic carbocycles. The summed E-state index contributed by atoms with van der Waals surface area (Å²) in [6.45, 7) is 8.91. The summed E-state index contributed by atoms with van der Waals surface area (Å²) >= 11 is 0. The normalized spacial score (nSPS) is 12.7. The number of ether oxygens (including phenoxy) is 1. The topological polar surface area (TPSA) is 12.5 Å². The Balaban J connectivity index is 2.16. The third kappa shape index (κ3) is 6.30. The van der Waals surface area contributed by atoms with Crippen LogP contribution in [-0.2, 0) is 4.74 Å². The molecular formula is C23H33NO. The number of benzene rings is 2. The van der Waals surface area contributed by atoms with Crippen molar-refractivity contribution in [2.75, 3.05) is 13.1 Å². The number of hydrogen-bond acceptors (Lipinski definition) is 2. The molecule has 0 aromatic heterocycles. The van der Waals surface area contributed by atoms with Crippen molar-refractivity contribution in [2.24, 2.45) is 0 Å². The average molecular weight is 340 g/mol. The van der Waals surface area contributed by atoms with Crippen LogP contribution in [0.25, 0.3) is 0 Å². The van der Waals surface area contributed by atoms with E-state index < -0.39 is 0 Å². The van der Waals surface area contributed by atoms with Crippen LogP contribution in [0.5, 0.6) is 0 Å². The highest BCUT2D eigenvalue weighted by Gasteiger charge is 2.21. The molecule has 2 rings (SSSR count). The molecule has 0 heterocycles. The van der Waals surface area contributed by atoms with Gasteiger partial charge in [0.05, 0.1) is 0 Å². The van der Waals surface area contributed by atoms with Gasteiger partial charge < -0.3 is 4.74 Å². The summed E-state index contributed by atoms with van der Waals surface area (Å²) in [5, 5.41) is 0. The fourth-order valence-corrected chi connectivity index (χ4v) is 3.09. The molecule has 1 atom stereocenters. The van der Waals surface area contributed by atoms with E-state index in [9.17, 15) is 0 Å². The first-order chi connectivity index (χ1) is 12.3. The van der Waals surface area contributed by atoms with Crippen molar-refractivity contribution in [3.63, 3.8) is 0 Å². The van der Waals surface area contributed by atoms with E-state index in [1.807, 2.05) is 0 Å². The van der Waals surface area contributed by atoms with E-state index in [4.69, 9.17) is 4.74 Å². The van der Waals surface area contributed by atoms with Crippen LogP contribution >= 0.6 is 0 Å². The van der Waals surface area contributed by atoms with Crippen LogP contribution in [0.4, 0.5) is 0 Å². The van der Waals surface area contributed by atoms with Crippen molar-refractivity contribution in [1.82, 2.24) is 4.90 Å². The highest BCUT2D eigenvalue weighted by molar-refractivity contribution is 5.29. The lowest BCUT2D eigenvalue weighted by molar-refractivity contribution is -0.0779. The standard InChI is InChI=1S/C23H33NO/c1-4-6-18-24(19-7-5-2)20(3)25-23(21-14-10-8-11-15-21)22-16-12-9-13-17-22/h8-17,20,23H,4-7,18-19H2,1-3H3. The summed E-state index contributed by atoms with van der Waals surface area (Å²) in [5.74, 6) is 0. The van der Waals surface area contributed by atoms with Crippen LogP contribution in [0.3, 0.4) is 0 Å². The average Bonchev–Trinajstić information content (AvgIpc) is 2.67. The summed E-state index contributed by atoms with van der Waals surface area (Å²) in [5.41, 5.74) is 2.43. The first-order valence-corrected chi connectivity index (χ1v) is 9.75. The minimum atomic E-state index is -0.0249. The first-order valence-electron chi connectivity index (χ1n) is 9.75. The largest absolute Gasteiger partial charge is 0.351 e. The quantitative estimate of drug-likeness (QED) is 0.463. The van der Waals surface area contributed by atoms with Crippen molar-refractivity contribution in [2.45, 2.75) is 58.8 Å². The predicted octanol–water partition coefficient (Wildman–Crippen LogP) is 6.04. The summed E-state index contributed by atoms with van der Waals surface area (Å²) in [6, 6.07) is 21.1. The molecule has 136 valence electrons. The lowest BCUT2D eigenvalue weighted by Gasteiger charge is -2.32. The molecule has 0 amide bonds. The smallest absolute Gasteiger partial charge is 0.110 e. The molecular weight excluding hydrogens is 306 g/mol. The van der Waals surface area contributed by atoms with Gasteiger partial charge in [0.1, 0.15) is 12.3 Å². The Morgan fingerprint density at radius 2 is 1.20 bits per heavy atom. The fourth-order valence-electron chi connectivity index (χ4n) is 3.09. The summed E-state index contributed by atoms with van der Waals surface area (Å²) in [7, 11) is 0. The van der Waals surface area contributed by atoms with Crippen LogP contribution < -0.4 is 0 Å². The number of unbranched alkanes of at least 4 members (excludes halogenated alkanes) is 2. The first kappa shape index (κ1) is 19.7. The van der Waals surface area contributed by atoms with Crippen molar-refractivity contribution in [3.05, 3.63) is 71.8 Å². The molecule has 0 bridgehead atoms. The van der Waals surface area contributed by atoms with Gasteiger partial charge in [0.25, 0.3) is 0 Å². The zero-order valence-corrected chi connectivity index (χ0v) is 16.0. The van der Waals surface area contributed by atoms with Gasteiger partial charge in [0.2, 0.25) is 0 Å². The molecule has 0 fully saturated rings. The molecule has 0 saturated carbocycles. The van der Waals surface area contributed by atoms with E-state index in [0.717, 1.165) is 13.1 Å². The predicted molar refractivity (Wildman–Crippen MR) is 107 cm³/mol. The summed E-state index contributed by atoms with van der Waals surface area (Å²) in [4.78, 5) is 2.49. The zero-order valence-electron chi connectivity index (χ0n) is 16.0. The van der Waals surface area contributed by atoms with Gasteiger partial charge in [0.15, 0.2) is 0 Å². The third-order valence-electron chi connectivity index (χ3n) is 4.65. The van der Waals surface area contributed by atoms with E-state index in [-0.39, 0.29) is 12.3 Å². The summed E-state index contributed by atoms with van der Waals surface area (Å²) < 4.78 is 6.60. The molecule has 0 spiro atoms. The van der Waals surface area contributed by atoms with Crippen molar-refractivity contribution < 1.29 is 4.74 Å². The monoisotopic (exact) mass is 339 g/mol. The van der Waals surface area contributed by atoms with E-state index in [1.165, 1.54) is 36.8 Å². The van der Waals surface area contributed by atoms with Gasteiger partial charge in [-0.05, 0) is 30.9 Å². The molecule has 0 N–H and O–H groups in total. The van der Waals surface area contributed by atoms with Crippen LogP contribution in [0.2, 0.25) is 0 Å². The molecule has 0 aliphatic heterocycles. The van der Waals surface area contributed by atoms with Crippen molar-refractivity contribution in [3.8, 4) is 0 Å². The highest BCUT2D eigenvalue weighted by Crippen LogP contribution is 2.28. The van der Waals surface area contributed by atoms with Crippen LogP contribution in [-0.4, -0.2) is 24.2 Å². The Hall–Kier alpha value is -1.64. The summed E-state index contributed by atoms with van der Waals surface area (Å²) in [6.07, 6.45) is 4.95. The Bertz CT molecular complexity index is 522. The second kappa shape index (κ2) is 11.1. The number of nitrogens with zero attached hydrogens (tertiary/aromatic N) is 1. The Kier molecular flexibility index (Phi) is 8.71. The maximum absolute atomic E-state index is 6.60. The van der Waals surface area contributed by atoms with Gasteiger partial charge in [-0.15, -0.1) is 0 Å². The fraction of sp³-hybridized carbons (Fsp3) is 0.478. The molecule has 2 heteroatoms. The second-order valence-electron chi connectivity index (χ2n) is 6.68. The second-order valence-corrected chi connectivity index (χ2v) is 6.68. The van der Waals surface area contributed by atoms with Gasteiger partial charge in [-0.3, -0.25) is 4.90 Å². The van der Waals surface area contributed by atoms with Gasteiger partial charge in [-0.1, -0.05) is 87.4 Å². The Morgan fingerprint density at radius 3 is 1.60 bits per heavy atom.